The van der Waals surface area contributed by atoms with Crippen LogP contribution in [0.4, 0.5) is 0 Å². The van der Waals surface area contributed by atoms with Crippen molar-refractivity contribution in [2.75, 3.05) is 17.3 Å². The molecule has 4 nitrogen and oxygen atoms in total. The summed E-state index contributed by atoms with van der Waals surface area (Å²) in [6.07, 6.45) is 2.21. The van der Waals surface area contributed by atoms with E-state index in [4.69, 9.17) is 0 Å². The first-order valence-electron chi connectivity index (χ1n) is 10.4. The molecule has 2 N–H and O–H groups in total. The molecule has 0 aliphatic rings. The highest BCUT2D eigenvalue weighted by atomic mass is 32.2. The van der Waals surface area contributed by atoms with Gasteiger partial charge in [0.2, 0.25) is 11.0 Å². The molecule has 2 rings (SSSR count). The maximum Gasteiger partial charge on any atom is 0.226 e. The first-order valence-corrected chi connectivity index (χ1v) is 12.6. The maximum atomic E-state index is 12.8. The van der Waals surface area contributed by atoms with E-state index in [9.17, 15) is 14.7 Å². The molecule has 2 atom stereocenters. The molecular formula is C24H31NO3S2. The van der Waals surface area contributed by atoms with Gasteiger partial charge >= 0.3 is 0 Å². The minimum absolute atomic E-state index is 0.0463. The molecule has 0 radical (unpaired) electrons. The fourth-order valence-electron chi connectivity index (χ4n) is 2.94. The van der Waals surface area contributed by atoms with Crippen LogP contribution in [0, 0.1) is 5.92 Å². The smallest absolute Gasteiger partial charge is 0.226 e. The van der Waals surface area contributed by atoms with E-state index in [1.54, 1.807) is 12.1 Å². The minimum Gasteiger partial charge on any atom is -0.374 e. The zero-order chi connectivity index (χ0) is 21.6. The molecule has 0 heterocycles. The lowest BCUT2D eigenvalue weighted by Crippen LogP contribution is -2.40. The highest BCUT2D eigenvalue weighted by Crippen LogP contribution is 2.20. The summed E-state index contributed by atoms with van der Waals surface area (Å²) in [7, 11) is 0. The highest BCUT2D eigenvalue weighted by Gasteiger charge is 2.23. The monoisotopic (exact) mass is 445 g/mol. The summed E-state index contributed by atoms with van der Waals surface area (Å²) in [5, 5.41) is 12.9. The average molecular weight is 446 g/mol. The van der Waals surface area contributed by atoms with Gasteiger partial charge in [0.15, 0.2) is 0 Å². The fourth-order valence-corrected chi connectivity index (χ4v) is 4.73. The van der Waals surface area contributed by atoms with Gasteiger partial charge in [0.1, 0.15) is 6.23 Å². The van der Waals surface area contributed by atoms with Gasteiger partial charge in [0, 0.05) is 11.3 Å². The van der Waals surface area contributed by atoms with Gasteiger partial charge in [-0.15, -0.1) is 0 Å². The third-order valence-electron chi connectivity index (χ3n) is 4.54. The Kier molecular flexibility index (Phi) is 11.7. The van der Waals surface area contributed by atoms with Crippen LogP contribution in [0.2, 0.25) is 0 Å². The van der Waals surface area contributed by atoms with E-state index in [1.807, 2.05) is 60.3 Å². The van der Waals surface area contributed by atoms with Gasteiger partial charge in [-0.25, -0.2) is 0 Å². The summed E-state index contributed by atoms with van der Waals surface area (Å²) < 4.78 is 0. The zero-order valence-electron chi connectivity index (χ0n) is 17.5. The number of hydrogen-bond acceptors (Lipinski definition) is 5. The van der Waals surface area contributed by atoms with Gasteiger partial charge < -0.3 is 10.4 Å². The Bertz CT molecular complexity index is 756. The van der Waals surface area contributed by atoms with Crippen molar-refractivity contribution >= 4 is 34.5 Å². The van der Waals surface area contributed by atoms with Crippen LogP contribution in [-0.2, 0) is 11.2 Å². The lowest BCUT2D eigenvalue weighted by atomic mass is 10.00. The Morgan fingerprint density at radius 3 is 2.33 bits per heavy atom. The summed E-state index contributed by atoms with van der Waals surface area (Å²) in [5.41, 5.74) is 1.67. The van der Waals surface area contributed by atoms with Crippen LogP contribution in [0.15, 0.2) is 60.7 Å². The highest BCUT2D eigenvalue weighted by molar-refractivity contribution is 8.14. The van der Waals surface area contributed by atoms with Crippen molar-refractivity contribution in [3.05, 3.63) is 71.8 Å². The zero-order valence-corrected chi connectivity index (χ0v) is 19.1. The van der Waals surface area contributed by atoms with E-state index >= 15 is 0 Å². The molecule has 0 fully saturated rings. The third kappa shape index (κ3) is 9.37. The number of aliphatic hydroxyl groups excluding tert-OH is 1. The SMILES string of the molecule is CCCSCCCC(O)NC(=O)C(CSC(=O)c1ccccc1)Cc1ccccc1. The largest absolute Gasteiger partial charge is 0.374 e. The molecular weight excluding hydrogens is 414 g/mol. The summed E-state index contributed by atoms with van der Waals surface area (Å²) in [5.74, 6) is 1.87. The van der Waals surface area contributed by atoms with Crippen molar-refractivity contribution in [3.8, 4) is 0 Å². The number of hydrogen-bond donors (Lipinski definition) is 2. The Morgan fingerprint density at radius 1 is 1.00 bits per heavy atom. The summed E-state index contributed by atoms with van der Waals surface area (Å²) in [6.45, 7) is 2.15. The number of carbonyl (C=O) groups is 2. The Balaban J connectivity index is 1.91. The van der Waals surface area contributed by atoms with Gasteiger partial charge in [-0.3, -0.25) is 9.59 Å². The van der Waals surface area contributed by atoms with Gasteiger partial charge in [-0.2, -0.15) is 11.8 Å². The molecule has 0 saturated carbocycles. The predicted octanol–water partition coefficient (Wildman–Crippen LogP) is 4.78. The summed E-state index contributed by atoms with van der Waals surface area (Å²) in [4.78, 5) is 25.3. The van der Waals surface area contributed by atoms with Gasteiger partial charge in [-0.05, 0) is 42.8 Å². The number of amides is 1. The number of aliphatic hydroxyl groups is 1. The molecule has 6 heteroatoms. The Morgan fingerprint density at radius 2 is 1.67 bits per heavy atom. The van der Waals surface area contributed by atoms with E-state index in [0.29, 0.717) is 24.2 Å². The van der Waals surface area contributed by atoms with Crippen LogP contribution in [0.5, 0.6) is 0 Å². The van der Waals surface area contributed by atoms with E-state index in [-0.39, 0.29) is 11.0 Å². The second-order valence-electron chi connectivity index (χ2n) is 7.13. The van der Waals surface area contributed by atoms with Crippen molar-refractivity contribution < 1.29 is 14.7 Å². The first kappa shape index (κ1) is 24.5. The van der Waals surface area contributed by atoms with Crippen molar-refractivity contribution in [2.45, 2.75) is 38.8 Å². The average Bonchev–Trinajstić information content (AvgIpc) is 2.77. The molecule has 0 spiro atoms. The van der Waals surface area contributed by atoms with Crippen LogP contribution in [0.25, 0.3) is 0 Å². The van der Waals surface area contributed by atoms with E-state index in [0.717, 1.165) is 41.7 Å². The van der Waals surface area contributed by atoms with E-state index in [1.165, 1.54) is 0 Å². The molecule has 0 saturated heterocycles. The minimum atomic E-state index is -0.854. The van der Waals surface area contributed by atoms with Crippen LogP contribution in [-0.4, -0.2) is 39.6 Å². The fraction of sp³-hybridized carbons (Fsp3) is 0.417. The summed E-state index contributed by atoms with van der Waals surface area (Å²) in [6, 6.07) is 18.9. The number of rotatable bonds is 13. The molecule has 0 aliphatic carbocycles. The molecule has 2 aromatic rings. The van der Waals surface area contributed by atoms with E-state index in [2.05, 4.69) is 12.2 Å². The topological polar surface area (TPSA) is 66.4 Å². The Labute approximate surface area is 188 Å². The van der Waals surface area contributed by atoms with Crippen LogP contribution in [0.1, 0.15) is 42.1 Å². The van der Waals surface area contributed by atoms with Crippen LogP contribution < -0.4 is 5.32 Å². The quantitative estimate of drug-likeness (QED) is 0.343. The number of benzene rings is 2. The van der Waals surface area contributed by atoms with Gasteiger partial charge in [-0.1, -0.05) is 79.3 Å². The number of carbonyl (C=O) groups excluding carboxylic acids is 2. The molecule has 30 heavy (non-hydrogen) atoms. The van der Waals surface area contributed by atoms with Crippen molar-refractivity contribution in [2.24, 2.45) is 5.92 Å². The second-order valence-corrected chi connectivity index (χ2v) is 9.35. The molecule has 0 aromatic heterocycles. The predicted molar refractivity (Wildman–Crippen MR) is 128 cm³/mol. The van der Waals surface area contributed by atoms with Gasteiger partial charge in [0.05, 0.1) is 5.92 Å². The van der Waals surface area contributed by atoms with Crippen LogP contribution >= 0.6 is 23.5 Å². The molecule has 2 unspecified atom stereocenters. The normalized spacial score (nSPS) is 12.9. The van der Waals surface area contributed by atoms with Crippen molar-refractivity contribution in [1.82, 2.24) is 5.32 Å². The molecule has 162 valence electrons. The summed E-state index contributed by atoms with van der Waals surface area (Å²) >= 11 is 3.02. The number of nitrogens with one attached hydrogen (secondary N) is 1. The van der Waals surface area contributed by atoms with Crippen molar-refractivity contribution in [1.29, 1.82) is 0 Å². The van der Waals surface area contributed by atoms with Gasteiger partial charge in [0.25, 0.3) is 0 Å². The molecule has 0 bridgehead atoms. The van der Waals surface area contributed by atoms with Crippen molar-refractivity contribution in [3.63, 3.8) is 0 Å². The third-order valence-corrected chi connectivity index (χ3v) is 6.89. The molecule has 1 amide bonds. The second kappa shape index (κ2) is 14.3. The van der Waals surface area contributed by atoms with E-state index < -0.39 is 12.1 Å². The maximum absolute atomic E-state index is 12.8. The standard InChI is InChI=1S/C24H31NO3S2/c1-2-15-29-16-9-14-22(26)25-23(27)21(17-19-10-5-3-6-11-19)18-30-24(28)20-12-7-4-8-13-20/h3-8,10-13,21-22,26H,2,9,14-18H2,1H3,(H,25,27). The lowest BCUT2D eigenvalue weighted by Gasteiger charge is -2.19. The number of thioether (sulfide) groups is 2. The molecule has 0 aliphatic heterocycles. The first-order chi connectivity index (χ1) is 14.6. The molecule has 2 aromatic carbocycles. The van der Waals surface area contributed by atoms with Crippen LogP contribution in [0.3, 0.4) is 0 Å². The Hall–Kier alpha value is -1.76. The lowest BCUT2D eigenvalue weighted by molar-refractivity contribution is -0.127.